The molecule has 0 aliphatic carbocycles. The van der Waals surface area contributed by atoms with Crippen LogP contribution in [0.15, 0.2) is 40.7 Å². The van der Waals surface area contributed by atoms with Gasteiger partial charge in [-0.2, -0.15) is 0 Å². The summed E-state index contributed by atoms with van der Waals surface area (Å²) >= 11 is 1.66. The minimum Gasteiger partial charge on any atom is -0.492 e. The number of nitrogens with one attached hydrogen (secondary N) is 2. The van der Waals surface area contributed by atoms with E-state index in [9.17, 15) is 0 Å². The number of guanidine groups is 1. The Morgan fingerprint density at radius 2 is 1.96 bits per heavy atom. The van der Waals surface area contributed by atoms with Crippen molar-refractivity contribution in [3.63, 3.8) is 0 Å². The monoisotopic (exact) mass is 360 g/mol. The van der Waals surface area contributed by atoms with Gasteiger partial charge in [0.05, 0.1) is 18.8 Å². The molecule has 5 nitrogen and oxygen atoms in total. The van der Waals surface area contributed by atoms with E-state index in [1.54, 1.807) is 11.3 Å². The maximum atomic E-state index is 5.68. The van der Waals surface area contributed by atoms with Gasteiger partial charge in [-0.25, -0.2) is 9.98 Å². The van der Waals surface area contributed by atoms with E-state index in [2.05, 4.69) is 53.7 Å². The Morgan fingerprint density at radius 1 is 1.20 bits per heavy atom. The van der Waals surface area contributed by atoms with Crippen LogP contribution in [0.3, 0.4) is 0 Å². The molecular formula is C19H28N4OS. The van der Waals surface area contributed by atoms with E-state index < -0.39 is 0 Å². The average molecular weight is 361 g/mol. The third-order valence-corrected chi connectivity index (χ3v) is 4.28. The molecule has 1 aromatic heterocycles. The minimum atomic E-state index is 0.0794. The molecular weight excluding hydrogens is 332 g/mol. The summed E-state index contributed by atoms with van der Waals surface area (Å²) in [7, 11) is 0. The first kappa shape index (κ1) is 19.2. The van der Waals surface area contributed by atoms with Crippen molar-refractivity contribution in [2.75, 3.05) is 19.7 Å². The van der Waals surface area contributed by atoms with Crippen LogP contribution in [0.2, 0.25) is 0 Å². The Balaban J connectivity index is 1.82. The molecule has 0 aliphatic rings. The molecule has 1 aromatic carbocycles. The second kappa shape index (κ2) is 9.42. The first-order valence-electron chi connectivity index (χ1n) is 8.64. The van der Waals surface area contributed by atoms with Gasteiger partial charge in [0.25, 0.3) is 0 Å². The summed E-state index contributed by atoms with van der Waals surface area (Å²) in [5.74, 6) is 1.66. The average Bonchev–Trinajstić information content (AvgIpc) is 3.07. The number of thiazole rings is 1. The fourth-order valence-electron chi connectivity index (χ4n) is 2.07. The Hall–Kier alpha value is -2.08. The van der Waals surface area contributed by atoms with E-state index in [1.165, 1.54) is 0 Å². The fourth-order valence-corrected chi connectivity index (χ4v) is 3.02. The predicted molar refractivity (Wildman–Crippen MR) is 106 cm³/mol. The third kappa shape index (κ3) is 6.74. The SMILES string of the molecule is CCNC(=NCc1nc(C(C)(C)C)cs1)NCCOc1ccccc1. The van der Waals surface area contributed by atoms with Crippen LogP contribution in [-0.4, -0.2) is 30.6 Å². The van der Waals surface area contributed by atoms with Crippen molar-refractivity contribution < 1.29 is 4.74 Å². The van der Waals surface area contributed by atoms with Crippen molar-refractivity contribution in [1.29, 1.82) is 0 Å². The summed E-state index contributed by atoms with van der Waals surface area (Å²) in [6.07, 6.45) is 0. The maximum absolute atomic E-state index is 5.68. The molecule has 0 aliphatic heterocycles. The van der Waals surface area contributed by atoms with Crippen LogP contribution in [-0.2, 0) is 12.0 Å². The number of ether oxygens (including phenoxy) is 1. The van der Waals surface area contributed by atoms with Gasteiger partial charge < -0.3 is 15.4 Å². The molecule has 25 heavy (non-hydrogen) atoms. The topological polar surface area (TPSA) is 58.5 Å². The summed E-state index contributed by atoms with van der Waals surface area (Å²) in [6.45, 7) is 11.2. The van der Waals surface area contributed by atoms with E-state index in [4.69, 9.17) is 4.74 Å². The number of rotatable bonds is 7. The summed E-state index contributed by atoms with van der Waals surface area (Å²) in [6, 6.07) is 9.82. The first-order chi connectivity index (χ1) is 12.0. The van der Waals surface area contributed by atoms with Crippen LogP contribution in [0.5, 0.6) is 5.75 Å². The summed E-state index contributed by atoms with van der Waals surface area (Å²) in [4.78, 5) is 9.29. The van der Waals surface area contributed by atoms with Gasteiger partial charge in [0, 0.05) is 17.3 Å². The van der Waals surface area contributed by atoms with Crippen LogP contribution in [0.1, 0.15) is 38.4 Å². The molecule has 6 heteroatoms. The lowest BCUT2D eigenvalue weighted by molar-refractivity contribution is 0.322. The van der Waals surface area contributed by atoms with Gasteiger partial charge >= 0.3 is 0 Å². The molecule has 1 heterocycles. The van der Waals surface area contributed by atoms with Crippen molar-refractivity contribution in [2.24, 2.45) is 4.99 Å². The zero-order valence-corrected chi connectivity index (χ0v) is 16.3. The number of aromatic nitrogens is 1. The number of aliphatic imine (C=N–C) groups is 1. The van der Waals surface area contributed by atoms with Gasteiger partial charge in [-0.3, -0.25) is 0 Å². The molecule has 136 valence electrons. The molecule has 0 fully saturated rings. The van der Waals surface area contributed by atoms with Crippen molar-refractivity contribution in [1.82, 2.24) is 15.6 Å². The highest BCUT2D eigenvalue weighted by molar-refractivity contribution is 7.09. The van der Waals surface area contributed by atoms with E-state index in [0.717, 1.165) is 29.0 Å². The number of hydrogen-bond acceptors (Lipinski definition) is 4. The molecule has 2 aromatic rings. The Morgan fingerprint density at radius 3 is 2.60 bits per heavy atom. The van der Waals surface area contributed by atoms with Crippen LogP contribution < -0.4 is 15.4 Å². The molecule has 0 unspecified atom stereocenters. The molecule has 2 N–H and O–H groups in total. The van der Waals surface area contributed by atoms with Crippen molar-refractivity contribution in [2.45, 2.75) is 39.7 Å². The number of para-hydroxylation sites is 1. The van der Waals surface area contributed by atoms with Gasteiger partial charge in [0.1, 0.15) is 17.4 Å². The Kier molecular flexibility index (Phi) is 7.25. The van der Waals surface area contributed by atoms with Gasteiger partial charge in [-0.1, -0.05) is 39.0 Å². The minimum absolute atomic E-state index is 0.0794. The van der Waals surface area contributed by atoms with Crippen molar-refractivity contribution >= 4 is 17.3 Å². The van der Waals surface area contributed by atoms with E-state index in [0.29, 0.717) is 19.7 Å². The smallest absolute Gasteiger partial charge is 0.191 e. The van der Waals surface area contributed by atoms with Gasteiger partial charge in [0.15, 0.2) is 5.96 Å². The van der Waals surface area contributed by atoms with Gasteiger partial charge in [0.2, 0.25) is 0 Å². The molecule has 0 amide bonds. The van der Waals surface area contributed by atoms with Crippen LogP contribution >= 0.6 is 11.3 Å². The standard InChI is InChI=1S/C19H28N4OS/c1-5-20-18(21-11-12-24-15-9-7-6-8-10-15)22-13-17-23-16(14-25-17)19(2,3)4/h6-10,14H,5,11-13H2,1-4H3,(H2,20,21,22). The molecule has 0 saturated carbocycles. The normalized spacial score (nSPS) is 12.1. The molecule has 0 radical (unpaired) electrons. The summed E-state index contributed by atoms with van der Waals surface area (Å²) in [5, 5.41) is 9.69. The number of hydrogen-bond donors (Lipinski definition) is 2. The highest BCUT2D eigenvalue weighted by Crippen LogP contribution is 2.24. The van der Waals surface area contributed by atoms with Gasteiger partial charge in [-0.15, -0.1) is 11.3 Å². The lowest BCUT2D eigenvalue weighted by atomic mass is 9.93. The lowest BCUT2D eigenvalue weighted by Crippen LogP contribution is -2.39. The Labute approximate surface area is 154 Å². The lowest BCUT2D eigenvalue weighted by Gasteiger charge is -2.14. The highest BCUT2D eigenvalue weighted by Gasteiger charge is 2.17. The largest absolute Gasteiger partial charge is 0.492 e. The summed E-state index contributed by atoms with van der Waals surface area (Å²) < 4.78 is 5.68. The summed E-state index contributed by atoms with van der Waals surface area (Å²) in [5.41, 5.74) is 1.20. The van der Waals surface area contributed by atoms with Gasteiger partial charge in [-0.05, 0) is 19.1 Å². The first-order valence-corrected chi connectivity index (χ1v) is 9.52. The highest BCUT2D eigenvalue weighted by atomic mass is 32.1. The fraction of sp³-hybridized carbons (Fsp3) is 0.474. The third-order valence-electron chi connectivity index (χ3n) is 3.44. The molecule has 0 spiro atoms. The van der Waals surface area contributed by atoms with E-state index in [1.807, 2.05) is 30.3 Å². The van der Waals surface area contributed by atoms with Crippen molar-refractivity contribution in [3.05, 3.63) is 46.4 Å². The van der Waals surface area contributed by atoms with Crippen molar-refractivity contribution in [3.8, 4) is 5.75 Å². The van der Waals surface area contributed by atoms with E-state index in [-0.39, 0.29) is 5.41 Å². The number of benzene rings is 1. The molecule has 2 rings (SSSR count). The predicted octanol–water partition coefficient (Wildman–Crippen LogP) is 3.57. The van der Waals surface area contributed by atoms with Crippen LogP contribution in [0, 0.1) is 0 Å². The second-order valence-corrected chi connectivity index (χ2v) is 7.60. The quantitative estimate of drug-likeness (QED) is 0.450. The zero-order valence-electron chi connectivity index (χ0n) is 15.5. The molecule has 0 saturated heterocycles. The van der Waals surface area contributed by atoms with Crippen LogP contribution in [0.4, 0.5) is 0 Å². The molecule has 0 atom stereocenters. The van der Waals surface area contributed by atoms with Crippen LogP contribution in [0.25, 0.3) is 0 Å². The second-order valence-electron chi connectivity index (χ2n) is 6.66. The Bertz CT molecular complexity index is 662. The molecule has 0 bridgehead atoms. The van der Waals surface area contributed by atoms with E-state index >= 15 is 0 Å². The number of nitrogens with zero attached hydrogens (tertiary/aromatic N) is 2. The zero-order chi connectivity index (χ0) is 18.1. The maximum Gasteiger partial charge on any atom is 0.191 e.